The molecule has 21 heavy (non-hydrogen) atoms. The average molecular weight is 296 g/mol. The predicted octanol–water partition coefficient (Wildman–Crippen LogP) is 3.65. The van der Waals surface area contributed by atoms with Crippen molar-refractivity contribution in [3.8, 4) is 0 Å². The molecule has 0 radical (unpaired) electrons. The van der Waals surface area contributed by atoms with Crippen LogP contribution in [-0.2, 0) is 9.59 Å². The van der Waals surface area contributed by atoms with Gasteiger partial charge in [0.15, 0.2) is 0 Å². The zero-order valence-corrected chi connectivity index (χ0v) is 13.6. The van der Waals surface area contributed by atoms with Gasteiger partial charge in [0.1, 0.15) is 0 Å². The Morgan fingerprint density at radius 2 is 1.29 bits per heavy atom. The van der Waals surface area contributed by atoms with Crippen molar-refractivity contribution in [1.82, 2.24) is 0 Å². The first-order valence-corrected chi connectivity index (χ1v) is 8.14. The van der Waals surface area contributed by atoms with E-state index >= 15 is 0 Å². The molecule has 0 heterocycles. The summed E-state index contributed by atoms with van der Waals surface area (Å²) >= 11 is 0. The van der Waals surface area contributed by atoms with Crippen molar-refractivity contribution in [2.45, 2.75) is 59.8 Å². The summed E-state index contributed by atoms with van der Waals surface area (Å²) in [5, 5.41) is 19.1. The van der Waals surface area contributed by atoms with Crippen LogP contribution in [0.4, 0.5) is 0 Å². The van der Waals surface area contributed by atoms with Crippen LogP contribution in [0.2, 0.25) is 0 Å². The molecule has 2 fully saturated rings. The SMILES string of the molecule is CCC1(C)CC(C)(CC)C2CC1C(C(=O)O)CC2C(=O)O. The minimum Gasteiger partial charge on any atom is -0.481 e. The van der Waals surface area contributed by atoms with E-state index in [1.165, 1.54) is 0 Å². The van der Waals surface area contributed by atoms with Gasteiger partial charge in [-0.25, -0.2) is 0 Å². The summed E-state index contributed by atoms with van der Waals surface area (Å²) in [6.45, 7) is 8.69. The topological polar surface area (TPSA) is 74.6 Å². The highest BCUT2D eigenvalue weighted by atomic mass is 16.4. The van der Waals surface area contributed by atoms with E-state index in [4.69, 9.17) is 0 Å². The summed E-state index contributed by atoms with van der Waals surface area (Å²) in [5.41, 5.74) is 0.0155. The van der Waals surface area contributed by atoms with E-state index < -0.39 is 23.8 Å². The molecule has 0 aromatic heterocycles. The first kappa shape index (κ1) is 16.3. The second kappa shape index (κ2) is 5.29. The predicted molar refractivity (Wildman–Crippen MR) is 79.9 cm³/mol. The molecule has 2 rings (SSSR count). The van der Waals surface area contributed by atoms with Gasteiger partial charge in [0.2, 0.25) is 0 Å². The quantitative estimate of drug-likeness (QED) is 0.830. The molecule has 0 aromatic carbocycles. The lowest BCUT2D eigenvalue weighted by Crippen LogP contribution is -2.55. The van der Waals surface area contributed by atoms with Crippen molar-refractivity contribution in [3.05, 3.63) is 0 Å². The Morgan fingerprint density at radius 1 is 0.905 bits per heavy atom. The van der Waals surface area contributed by atoms with E-state index in [9.17, 15) is 19.8 Å². The Morgan fingerprint density at radius 3 is 1.57 bits per heavy atom. The van der Waals surface area contributed by atoms with E-state index in [0.717, 1.165) is 25.7 Å². The second-order valence-electron chi connectivity index (χ2n) is 7.77. The summed E-state index contributed by atoms with van der Waals surface area (Å²) in [6.07, 6.45) is 3.91. The summed E-state index contributed by atoms with van der Waals surface area (Å²) < 4.78 is 0. The van der Waals surface area contributed by atoms with Gasteiger partial charge in [-0.1, -0.05) is 40.5 Å². The van der Waals surface area contributed by atoms with Crippen molar-refractivity contribution >= 4 is 11.9 Å². The molecular weight excluding hydrogens is 268 g/mol. The molecule has 0 aliphatic heterocycles. The minimum absolute atomic E-state index is 0.00773. The van der Waals surface area contributed by atoms with Gasteiger partial charge < -0.3 is 10.2 Å². The molecule has 6 atom stereocenters. The van der Waals surface area contributed by atoms with Gasteiger partial charge in [-0.3, -0.25) is 9.59 Å². The molecule has 0 aromatic rings. The zero-order chi connectivity index (χ0) is 16.0. The minimum atomic E-state index is -0.815. The van der Waals surface area contributed by atoms with Crippen molar-refractivity contribution < 1.29 is 19.8 Å². The van der Waals surface area contributed by atoms with E-state index in [2.05, 4.69) is 27.7 Å². The van der Waals surface area contributed by atoms with E-state index in [1.807, 2.05) is 0 Å². The second-order valence-corrected chi connectivity index (χ2v) is 7.77. The van der Waals surface area contributed by atoms with E-state index in [-0.39, 0.29) is 22.7 Å². The molecule has 6 unspecified atom stereocenters. The third kappa shape index (κ3) is 2.47. The molecule has 2 saturated carbocycles. The van der Waals surface area contributed by atoms with Crippen LogP contribution in [0.25, 0.3) is 0 Å². The van der Waals surface area contributed by atoms with E-state index in [0.29, 0.717) is 6.42 Å². The van der Waals surface area contributed by atoms with E-state index in [1.54, 1.807) is 0 Å². The van der Waals surface area contributed by atoms with Crippen LogP contribution in [-0.4, -0.2) is 22.2 Å². The van der Waals surface area contributed by atoms with Crippen LogP contribution in [0, 0.1) is 34.5 Å². The van der Waals surface area contributed by atoms with Crippen LogP contribution in [0.15, 0.2) is 0 Å². The fraction of sp³-hybridized carbons (Fsp3) is 0.882. The van der Waals surface area contributed by atoms with Crippen LogP contribution in [0.1, 0.15) is 59.8 Å². The maximum absolute atomic E-state index is 11.7. The largest absolute Gasteiger partial charge is 0.481 e. The third-order valence-corrected chi connectivity index (χ3v) is 6.83. The molecule has 0 saturated heterocycles. The van der Waals surface area contributed by atoms with Gasteiger partial charge in [-0.05, 0) is 41.9 Å². The molecule has 4 heteroatoms. The molecule has 2 bridgehead atoms. The van der Waals surface area contributed by atoms with Crippen molar-refractivity contribution in [2.75, 3.05) is 0 Å². The fourth-order valence-electron chi connectivity index (χ4n) is 5.25. The van der Waals surface area contributed by atoms with Gasteiger partial charge in [0.05, 0.1) is 11.8 Å². The molecule has 2 N–H and O–H groups in total. The zero-order valence-electron chi connectivity index (χ0n) is 13.6. The Hall–Kier alpha value is -1.06. The van der Waals surface area contributed by atoms with Crippen LogP contribution < -0.4 is 0 Å². The number of hydrogen-bond acceptors (Lipinski definition) is 2. The number of rotatable bonds is 4. The highest BCUT2D eigenvalue weighted by molar-refractivity contribution is 5.75. The number of aliphatic carboxylic acids is 2. The number of carbonyl (C=O) groups is 2. The smallest absolute Gasteiger partial charge is 0.306 e. The Balaban J connectivity index is 2.46. The van der Waals surface area contributed by atoms with Crippen molar-refractivity contribution in [1.29, 1.82) is 0 Å². The highest BCUT2D eigenvalue weighted by Crippen LogP contribution is 2.63. The summed E-state index contributed by atoms with van der Waals surface area (Å²) in [5.74, 6) is -2.42. The maximum atomic E-state index is 11.7. The van der Waals surface area contributed by atoms with Crippen molar-refractivity contribution in [2.24, 2.45) is 34.5 Å². The molecule has 120 valence electrons. The first-order chi connectivity index (χ1) is 9.68. The molecular formula is C17H28O4. The lowest BCUT2D eigenvalue weighted by molar-refractivity contribution is -0.173. The normalized spacial score (nSPS) is 46.1. The summed E-state index contributed by atoms with van der Waals surface area (Å²) in [7, 11) is 0. The molecule has 2 aliphatic carbocycles. The molecule has 2 aliphatic rings. The lowest BCUT2D eigenvalue weighted by atomic mass is 9.44. The van der Waals surface area contributed by atoms with Crippen LogP contribution >= 0.6 is 0 Å². The van der Waals surface area contributed by atoms with Gasteiger partial charge in [-0.2, -0.15) is 0 Å². The fourth-order valence-corrected chi connectivity index (χ4v) is 5.25. The first-order valence-electron chi connectivity index (χ1n) is 8.14. The van der Waals surface area contributed by atoms with Crippen molar-refractivity contribution in [3.63, 3.8) is 0 Å². The van der Waals surface area contributed by atoms with Gasteiger partial charge >= 0.3 is 11.9 Å². The van der Waals surface area contributed by atoms with Gasteiger partial charge in [0, 0.05) is 0 Å². The standard InChI is InChI=1S/C17H28O4/c1-5-16(3)9-17(4,6-2)13-8-12(16)10(14(18)19)7-11(13)15(20)21/h10-13H,5-9H2,1-4H3,(H,18,19)(H,20,21). The Kier molecular flexibility index (Phi) is 4.11. The number of carboxylic acids is 2. The number of carboxylic acid groups (broad SMARTS) is 2. The summed E-state index contributed by atoms with van der Waals surface area (Å²) in [6, 6.07) is 0. The molecule has 0 spiro atoms. The van der Waals surface area contributed by atoms with Gasteiger partial charge in [-0.15, -0.1) is 0 Å². The monoisotopic (exact) mass is 296 g/mol. The average Bonchev–Trinajstić information content (AvgIpc) is 2.44. The van der Waals surface area contributed by atoms with Gasteiger partial charge in [0.25, 0.3) is 0 Å². The Labute approximate surface area is 126 Å². The van der Waals surface area contributed by atoms with Crippen LogP contribution in [0.5, 0.6) is 0 Å². The lowest BCUT2D eigenvalue weighted by Gasteiger charge is -2.59. The molecule has 4 nitrogen and oxygen atoms in total. The summed E-state index contributed by atoms with van der Waals surface area (Å²) in [4.78, 5) is 23.3. The Bertz CT molecular complexity index is 408. The highest BCUT2D eigenvalue weighted by Gasteiger charge is 2.59. The number of fused-ring (bicyclic) bond motifs is 2. The molecule has 0 amide bonds. The van der Waals surface area contributed by atoms with Crippen LogP contribution in [0.3, 0.4) is 0 Å². The maximum Gasteiger partial charge on any atom is 0.306 e. The third-order valence-electron chi connectivity index (χ3n) is 6.83. The number of hydrogen-bond donors (Lipinski definition) is 2.